The molecule has 1 nitrogen and oxygen atoms in total. The molecule has 1 heterocycles. The van der Waals surface area contributed by atoms with Gasteiger partial charge in [-0.2, -0.15) is 0 Å². The summed E-state index contributed by atoms with van der Waals surface area (Å²) in [6.07, 6.45) is 0. The molecule has 5 rings (SSSR count). The van der Waals surface area contributed by atoms with Crippen LogP contribution in [0.25, 0.3) is 43.7 Å². The Bertz CT molecular complexity index is 1200. The Morgan fingerprint density at radius 2 is 1.46 bits per heavy atom. The fourth-order valence-electron chi connectivity index (χ4n) is 3.52. The van der Waals surface area contributed by atoms with Crippen LogP contribution in [0.5, 0.6) is 0 Å². The van der Waals surface area contributed by atoms with Crippen molar-refractivity contribution in [1.82, 2.24) is 4.98 Å². The van der Waals surface area contributed by atoms with Crippen molar-refractivity contribution in [1.29, 1.82) is 0 Å². The van der Waals surface area contributed by atoms with Gasteiger partial charge in [0.1, 0.15) is 0 Å². The van der Waals surface area contributed by atoms with E-state index in [1.165, 1.54) is 43.7 Å². The van der Waals surface area contributed by atoms with Gasteiger partial charge in [-0.05, 0) is 28.6 Å². The van der Waals surface area contributed by atoms with Crippen molar-refractivity contribution < 1.29 is 0 Å². The lowest BCUT2D eigenvalue weighted by Gasteiger charge is -2.03. The third-order valence-electron chi connectivity index (χ3n) is 4.66. The highest BCUT2D eigenvalue weighted by Crippen LogP contribution is 2.38. The zero-order chi connectivity index (χ0) is 16.1. The standard InChI is InChI=1S/C22H14BrN/c23-19-12-16-8-4-5-9-17(16)22-21(19)18-11-10-15(13-20(18)24-22)14-6-2-1-3-7-14/h1-13,24H. The molecule has 0 saturated carbocycles. The minimum Gasteiger partial charge on any atom is -0.354 e. The van der Waals surface area contributed by atoms with Crippen molar-refractivity contribution in [2.24, 2.45) is 0 Å². The Labute approximate surface area is 148 Å². The maximum Gasteiger partial charge on any atom is 0.0556 e. The molecule has 0 aliphatic heterocycles. The molecule has 2 heteroatoms. The van der Waals surface area contributed by atoms with Gasteiger partial charge in [0.15, 0.2) is 0 Å². The number of aromatic nitrogens is 1. The van der Waals surface area contributed by atoms with E-state index in [9.17, 15) is 0 Å². The number of hydrogen-bond acceptors (Lipinski definition) is 0. The number of fused-ring (bicyclic) bond motifs is 5. The summed E-state index contributed by atoms with van der Waals surface area (Å²) in [5.74, 6) is 0. The summed E-state index contributed by atoms with van der Waals surface area (Å²) in [6.45, 7) is 0. The Hall–Kier alpha value is -2.58. The van der Waals surface area contributed by atoms with Crippen molar-refractivity contribution in [2.75, 3.05) is 0 Å². The van der Waals surface area contributed by atoms with Gasteiger partial charge in [-0.15, -0.1) is 0 Å². The molecule has 5 aromatic rings. The van der Waals surface area contributed by atoms with Crippen LogP contribution in [0.4, 0.5) is 0 Å². The van der Waals surface area contributed by atoms with E-state index in [4.69, 9.17) is 0 Å². The van der Waals surface area contributed by atoms with Crippen molar-refractivity contribution in [3.63, 3.8) is 0 Å². The van der Waals surface area contributed by atoms with E-state index in [0.717, 1.165) is 4.47 Å². The summed E-state index contributed by atoms with van der Waals surface area (Å²) >= 11 is 3.76. The molecular formula is C22H14BrN. The molecule has 0 bridgehead atoms. The number of halogens is 1. The van der Waals surface area contributed by atoms with Crippen LogP contribution in [-0.4, -0.2) is 4.98 Å². The lowest BCUT2D eigenvalue weighted by atomic mass is 10.0. The molecule has 0 amide bonds. The van der Waals surface area contributed by atoms with Crippen molar-refractivity contribution in [3.8, 4) is 11.1 Å². The first kappa shape index (κ1) is 13.8. The summed E-state index contributed by atoms with van der Waals surface area (Å²) in [5.41, 5.74) is 4.83. The van der Waals surface area contributed by atoms with Crippen LogP contribution < -0.4 is 0 Å². The Morgan fingerprint density at radius 3 is 2.33 bits per heavy atom. The Kier molecular flexibility index (Phi) is 3.00. The lowest BCUT2D eigenvalue weighted by molar-refractivity contribution is 1.55. The van der Waals surface area contributed by atoms with Gasteiger partial charge in [0.25, 0.3) is 0 Å². The van der Waals surface area contributed by atoms with Crippen LogP contribution in [0.1, 0.15) is 0 Å². The first-order valence-electron chi connectivity index (χ1n) is 7.99. The van der Waals surface area contributed by atoms with Gasteiger partial charge in [0.2, 0.25) is 0 Å². The maximum atomic E-state index is 3.76. The van der Waals surface area contributed by atoms with E-state index < -0.39 is 0 Å². The van der Waals surface area contributed by atoms with E-state index in [1.807, 2.05) is 6.07 Å². The van der Waals surface area contributed by atoms with Gasteiger partial charge in [-0.25, -0.2) is 0 Å². The largest absolute Gasteiger partial charge is 0.354 e. The summed E-state index contributed by atoms with van der Waals surface area (Å²) in [7, 11) is 0. The van der Waals surface area contributed by atoms with Gasteiger partial charge in [0, 0.05) is 26.1 Å². The van der Waals surface area contributed by atoms with Crippen LogP contribution in [0.15, 0.2) is 83.3 Å². The number of rotatable bonds is 1. The summed E-state index contributed by atoms with van der Waals surface area (Å²) in [5, 5.41) is 5.01. The van der Waals surface area contributed by atoms with Crippen LogP contribution in [0, 0.1) is 0 Å². The van der Waals surface area contributed by atoms with Gasteiger partial charge in [-0.1, -0.05) is 82.7 Å². The minimum absolute atomic E-state index is 1.13. The molecular weight excluding hydrogens is 358 g/mol. The molecule has 0 spiro atoms. The van der Waals surface area contributed by atoms with Crippen LogP contribution in [0.2, 0.25) is 0 Å². The number of H-pyrrole nitrogens is 1. The molecule has 0 unspecified atom stereocenters. The monoisotopic (exact) mass is 371 g/mol. The second kappa shape index (κ2) is 5.22. The fourth-order valence-corrected chi connectivity index (χ4v) is 4.18. The average Bonchev–Trinajstić information content (AvgIpc) is 3.02. The van der Waals surface area contributed by atoms with E-state index >= 15 is 0 Å². The Morgan fingerprint density at radius 1 is 0.667 bits per heavy atom. The van der Waals surface area contributed by atoms with E-state index in [-0.39, 0.29) is 0 Å². The molecule has 114 valence electrons. The SMILES string of the molecule is Brc1cc2ccccc2c2[nH]c3cc(-c4ccccc4)ccc3c12. The number of aromatic amines is 1. The van der Waals surface area contributed by atoms with Crippen LogP contribution in [0.3, 0.4) is 0 Å². The first-order valence-corrected chi connectivity index (χ1v) is 8.79. The summed E-state index contributed by atoms with van der Waals surface area (Å²) < 4.78 is 1.13. The van der Waals surface area contributed by atoms with E-state index in [1.54, 1.807) is 0 Å². The van der Waals surface area contributed by atoms with Crippen molar-refractivity contribution in [2.45, 2.75) is 0 Å². The smallest absolute Gasteiger partial charge is 0.0556 e. The molecule has 0 radical (unpaired) electrons. The predicted octanol–water partition coefficient (Wildman–Crippen LogP) is 6.90. The molecule has 0 atom stereocenters. The molecule has 24 heavy (non-hydrogen) atoms. The molecule has 0 fully saturated rings. The fraction of sp³-hybridized carbons (Fsp3) is 0. The van der Waals surface area contributed by atoms with Gasteiger partial charge in [-0.3, -0.25) is 0 Å². The maximum absolute atomic E-state index is 3.76. The molecule has 1 N–H and O–H groups in total. The molecule has 0 aliphatic rings. The highest BCUT2D eigenvalue weighted by Gasteiger charge is 2.12. The van der Waals surface area contributed by atoms with Gasteiger partial charge < -0.3 is 4.98 Å². The zero-order valence-electron chi connectivity index (χ0n) is 12.9. The molecule has 0 saturated heterocycles. The van der Waals surface area contributed by atoms with Crippen molar-refractivity contribution >= 4 is 48.5 Å². The van der Waals surface area contributed by atoms with E-state index in [0.29, 0.717) is 0 Å². The van der Waals surface area contributed by atoms with Gasteiger partial charge >= 0.3 is 0 Å². The molecule has 0 aliphatic carbocycles. The van der Waals surface area contributed by atoms with Crippen LogP contribution >= 0.6 is 15.9 Å². The normalized spacial score (nSPS) is 11.5. The summed E-state index contributed by atoms with van der Waals surface area (Å²) in [4.78, 5) is 3.64. The minimum atomic E-state index is 1.13. The number of hydrogen-bond donors (Lipinski definition) is 1. The first-order chi connectivity index (χ1) is 11.8. The number of benzene rings is 4. The van der Waals surface area contributed by atoms with E-state index in [2.05, 4.69) is 93.7 Å². The molecule has 4 aromatic carbocycles. The second-order valence-corrected chi connectivity index (χ2v) is 6.94. The van der Waals surface area contributed by atoms with Crippen LogP contribution in [-0.2, 0) is 0 Å². The molecule has 1 aromatic heterocycles. The van der Waals surface area contributed by atoms with Crippen molar-refractivity contribution in [3.05, 3.63) is 83.3 Å². The highest BCUT2D eigenvalue weighted by atomic mass is 79.9. The quantitative estimate of drug-likeness (QED) is 0.329. The zero-order valence-corrected chi connectivity index (χ0v) is 14.5. The van der Waals surface area contributed by atoms with Gasteiger partial charge in [0.05, 0.1) is 5.52 Å². The highest BCUT2D eigenvalue weighted by molar-refractivity contribution is 9.10. The average molecular weight is 372 g/mol. The third-order valence-corrected chi connectivity index (χ3v) is 5.28. The summed E-state index contributed by atoms with van der Waals surface area (Å²) in [6, 6.07) is 27.9. The predicted molar refractivity (Wildman–Crippen MR) is 106 cm³/mol. The Balaban J connectivity index is 1.87. The topological polar surface area (TPSA) is 15.8 Å². The lowest BCUT2D eigenvalue weighted by Crippen LogP contribution is -1.77. The number of nitrogens with one attached hydrogen (secondary N) is 1. The second-order valence-electron chi connectivity index (χ2n) is 6.08. The third kappa shape index (κ3) is 2.00.